The number of benzene rings is 1. The lowest BCUT2D eigenvalue weighted by atomic mass is 10.1. The summed E-state index contributed by atoms with van der Waals surface area (Å²) in [4.78, 5) is 4.68. The summed E-state index contributed by atoms with van der Waals surface area (Å²) in [6.07, 6.45) is 3.63. The SMILES string of the molecule is CN1C2CCC1CN(c1c(F)cccc1CCl)CC2. The average molecular weight is 283 g/mol. The first-order valence-corrected chi connectivity index (χ1v) is 7.54. The van der Waals surface area contributed by atoms with Gasteiger partial charge in [-0.15, -0.1) is 11.6 Å². The number of anilines is 1. The van der Waals surface area contributed by atoms with Crippen LogP contribution in [0.2, 0.25) is 0 Å². The van der Waals surface area contributed by atoms with E-state index in [1.54, 1.807) is 6.07 Å². The minimum Gasteiger partial charge on any atom is -0.367 e. The van der Waals surface area contributed by atoms with Crippen LogP contribution in [-0.2, 0) is 5.88 Å². The second kappa shape index (κ2) is 5.29. The standard InChI is InChI=1S/C15H20ClFN2/c1-18-12-5-6-13(18)10-19(8-7-12)15-11(9-16)3-2-4-14(15)17/h2-4,12-13H,5-10H2,1H3. The third-order valence-corrected chi connectivity index (χ3v) is 4.97. The van der Waals surface area contributed by atoms with Gasteiger partial charge in [0, 0.05) is 31.1 Å². The molecule has 2 aliphatic heterocycles. The van der Waals surface area contributed by atoms with Gasteiger partial charge in [0.25, 0.3) is 0 Å². The van der Waals surface area contributed by atoms with Gasteiger partial charge in [0.1, 0.15) is 5.82 Å². The molecular formula is C15H20ClFN2. The zero-order valence-corrected chi connectivity index (χ0v) is 12.0. The molecule has 2 unspecified atom stereocenters. The summed E-state index contributed by atoms with van der Waals surface area (Å²) in [5, 5.41) is 0. The van der Waals surface area contributed by atoms with E-state index in [0.717, 1.165) is 30.8 Å². The molecule has 2 atom stereocenters. The third-order valence-electron chi connectivity index (χ3n) is 4.68. The molecule has 1 aromatic carbocycles. The van der Waals surface area contributed by atoms with E-state index in [1.807, 2.05) is 6.07 Å². The number of fused-ring (bicyclic) bond motifs is 2. The Morgan fingerprint density at radius 3 is 2.84 bits per heavy atom. The molecule has 2 fully saturated rings. The van der Waals surface area contributed by atoms with Crippen LogP contribution in [0.25, 0.3) is 0 Å². The van der Waals surface area contributed by atoms with Gasteiger partial charge in [-0.2, -0.15) is 0 Å². The Bertz CT molecular complexity index is 465. The molecule has 104 valence electrons. The van der Waals surface area contributed by atoms with Crippen molar-refractivity contribution in [1.82, 2.24) is 4.90 Å². The zero-order valence-electron chi connectivity index (χ0n) is 11.3. The summed E-state index contributed by atoms with van der Waals surface area (Å²) >= 11 is 5.97. The smallest absolute Gasteiger partial charge is 0.146 e. The summed E-state index contributed by atoms with van der Waals surface area (Å²) in [5.41, 5.74) is 1.63. The number of halogens is 2. The van der Waals surface area contributed by atoms with Gasteiger partial charge in [-0.05, 0) is 37.9 Å². The van der Waals surface area contributed by atoms with E-state index in [2.05, 4.69) is 16.8 Å². The van der Waals surface area contributed by atoms with Gasteiger partial charge < -0.3 is 4.90 Å². The van der Waals surface area contributed by atoms with Gasteiger partial charge in [-0.3, -0.25) is 4.90 Å². The van der Waals surface area contributed by atoms with E-state index in [1.165, 1.54) is 18.9 Å². The highest BCUT2D eigenvalue weighted by Gasteiger charge is 2.35. The number of alkyl halides is 1. The lowest BCUT2D eigenvalue weighted by Gasteiger charge is -2.29. The van der Waals surface area contributed by atoms with E-state index in [9.17, 15) is 4.39 Å². The topological polar surface area (TPSA) is 6.48 Å². The molecule has 1 aromatic rings. The van der Waals surface area contributed by atoms with Gasteiger partial charge >= 0.3 is 0 Å². The van der Waals surface area contributed by atoms with E-state index in [4.69, 9.17) is 11.6 Å². The van der Waals surface area contributed by atoms with Crippen molar-refractivity contribution in [1.29, 1.82) is 0 Å². The molecule has 2 bridgehead atoms. The van der Waals surface area contributed by atoms with Gasteiger partial charge in [0.15, 0.2) is 0 Å². The fourth-order valence-electron chi connectivity index (χ4n) is 3.53. The van der Waals surface area contributed by atoms with E-state index >= 15 is 0 Å². The molecule has 0 aromatic heterocycles. The number of rotatable bonds is 2. The highest BCUT2D eigenvalue weighted by molar-refractivity contribution is 6.17. The summed E-state index contributed by atoms with van der Waals surface area (Å²) in [5.74, 6) is 0.228. The zero-order chi connectivity index (χ0) is 13.4. The number of likely N-dealkylation sites (N-methyl/N-ethyl adjacent to an activating group) is 1. The van der Waals surface area contributed by atoms with E-state index in [-0.39, 0.29) is 5.82 Å². The van der Waals surface area contributed by atoms with Crippen molar-refractivity contribution in [3.63, 3.8) is 0 Å². The fourth-order valence-corrected chi connectivity index (χ4v) is 3.75. The van der Waals surface area contributed by atoms with E-state index < -0.39 is 0 Å². The Morgan fingerprint density at radius 2 is 2.05 bits per heavy atom. The molecular weight excluding hydrogens is 263 g/mol. The van der Waals surface area contributed by atoms with Crippen LogP contribution < -0.4 is 4.90 Å². The van der Waals surface area contributed by atoms with Crippen LogP contribution in [-0.4, -0.2) is 37.1 Å². The van der Waals surface area contributed by atoms with Crippen LogP contribution in [0.15, 0.2) is 18.2 Å². The second-order valence-corrected chi connectivity index (χ2v) is 5.93. The minimum atomic E-state index is -0.140. The average Bonchev–Trinajstić information content (AvgIpc) is 2.64. The number of hydrogen-bond donors (Lipinski definition) is 0. The van der Waals surface area contributed by atoms with Crippen molar-refractivity contribution >= 4 is 17.3 Å². The summed E-state index contributed by atoms with van der Waals surface area (Å²) < 4.78 is 14.2. The van der Waals surface area contributed by atoms with Crippen molar-refractivity contribution in [3.8, 4) is 0 Å². The second-order valence-electron chi connectivity index (χ2n) is 5.67. The van der Waals surface area contributed by atoms with Crippen molar-refractivity contribution in [2.75, 3.05) is 25.0 Å². The highest BCUT2D eigenvalue weighted by atomic mass is 35.5. The highest BCUT2D eigenvalue weighted by Crippen LogP contribution is 2.33. The first-order valence-electron chi connectivity index (χ1n) is 7.01. The van der Waals surface area contributed by atoms with Crippen LogP contribution in [0.1, 0.15) is 24.8 Å². The molecule has 19 heavy (non-hydrogen) atoms. The van der Waals surface area contributed by atoms with Crippen LogP contribution in [0.3, 0.4) is 0 Å². The Balaban J connectivity index is 1.91. The van der Waals surface area contributed by atoms with E-state index in [0.29, 0.717) is 18.0 Å². The quantitative estimate of drug-likeness (QED) is 0.769. The molecule has 0 N–H and O–H groups in total. The summed E-state index contributed by atoms with van der Waals surface area (Å²) in [7, 11) is 2.20. The van der Waals surface area contributed by atoms with Gasteiger partial charge in [0.2, 0.25) is 0 Å². The number of hydrogen-bond acceptors (Lipinski definition) is 2. The predicted octanol–water partition coefficient (Wildman–Crippen LogP) is 3.24. The Hall–Kier alpha value is -0.800. The molecule has 3 rings (SSSR count). The molecule has 2 aliphatic rings. The summed E-state index contributed by atoms with van der Waals surface area (Å²) in [6.45, 7) is 1.84. The molecule has 0 aliphatic carbocycles. The van der Waals surface area contributed by atoms with Crippen LogP contribution in [0, 0.1) is 5.82 Å². The molecule has 0 saturated carbocycles. The fraction of sp³-hybridized carbons (Fsp3) is 0.600. The van der Waals surface area contributed by atoms with Crippen molar-refractivity contribution in [3.05, 3.63) is 29.6 Å². The molecule has 4 heteroatoms. The van der Waals surface area contributed by atoms with Crippen molar-refractivity contribution in [2.45, 2.75) is 37.2 Å². The van der Waals surface area contributed by atoms with Gasteiger partial charge in [-0.25, -0.2) is 4.39 Å². The monoisotopic (exact) mass is 282 g/mol. The minimum absolute atomic E-state index is 0.140. The summed E-state index contributed by atoms with van der Waals surface area (Å²) in [6, 6.07) is 6.43. The molecule has 0 amide bonds. The maximum absolute atomic E-state index is 14.2. The molecule has 2 saturated heterocycles. The van der Waals surface area contributed by atoms with Crippen LogP contribution >= 0.6 is 11.6 Å². The lowest BCUT2D eigenvalue weighted by Crippen LogP contribution is -2.37. The normalized spacial score (nSPS) is 27.6. The van der Waals surface area contributed by atoms with Crippen LogP contribution in [0.5, 0.6) is 0 Å². The maximum atomic E-state index is 14.2. The number of nitrogens with zero attached hydrogens (tertiary/aromatic N) is 2. The Kier molecular flexibility index (Phi) is 3.68. The van der Waals surface area contributed by atoms with Gasteiger partial charge in [0.05, 0.1) is 5.69 Å². The van der Waals surface area contributed by atoms with Crippen molar-refractivity contribution in [2.24, 2.45) is 0 Å². The first-order chi connectivity index (χ1) is 9.20. The Morgan fingerprint density at radius 1 is 1.26 bits per heavy atom. The molecule has 2 nitrogen and oxygen atoms in total. The third kappa shape index (κ3) is 2.34. The molecule has 2 heterocycles. The molecule has 0 spiro atoms. The van der Waals surface area contributed by atoms with Gasteiger partial charge in [-0.1, -0.05) is 12.1 Å². The molecule has 0 radical (unpaired) electrons. The Labute approximate surface area is 119 Å². The predicted molar refractivity (Wildman–Crippen MR) is 77.4 cm³/mol. The first kappa shape index (κ1) is 13.2. The maximum Gasteiger partial charge on any atom is 0.146 e. The van der Waals surface area contributed by atoms with Crippen LogP contribution in [0.4, 0.5) is 10.1 Å². The largest absolute Gasteiger partial charge is 0.367 e. The lowest BCUT2D eigenvalue weighted by molar-refractivity contribution is 0.254. The van der Waals surface area contributed by atoms with Crippen molar-refractivity contribution < 1.29 is 4.39 Å². The number of para-hydroxylation sites is 1.